The van der Waals surface area contributed by atoms with Gasteiger partial charge in [0.2, 0.25) is 0 Å². The summed E-state index contributed by atoms with van der Waals surface area (Å²) in [7, 11) is 0. The minimum atomic E-state index is -0.404. The van der Waals surface area contributed by atoms with E-state index in [2.05, 4.69) is 31.9 Å². The summed E-state index contributed by atoms with van der Waals surface area (Å²) in [5, 5.41) is 10.8. The second kappa shape index (κ2) is 6.07. The Bertz CT molecular complexity index is 483. The lowest BCUT2D eigenvalue weighted by Gasteiger charge is -2.40. The first-order chi connectivity index (χ1) is 9.60. The van der Waals surface area contributed by atoms with Crippen LogP contribution in [0.4, 0.5) is 0 Å². The van der Waals surface area contributed by atoms with Gasteiger partial charge in [-0.1, -0.05) is 50.8 Å². The van der Waals surface area contributed by atoms with E-state index >= 15 is 0 Å². The molecule has 1 N–H and O–H groups in total. The highest BCUT2D eigenvalue weighted by atomic mass is 79.9. The second-order valence-electron chi connectivity index (χ2n) is 6.10. The van der Waals surface area contributed by atoms with Crippen LogP contribution in [0.1, 0.15) is 50.2 Å². The molecule has 3 rings (SSSR count). The summed E-state index contributed by atoms with van der Waals surface area (Å²) in [6.45, 7) is 0.788. The molecular formula is C16H20Br2O2. The number of benzene rings is 1. The first kappa shape index (κ1) is 15.0. The van der Waals surface area contributed by atoms with Crippen LogP contribution < -0.4 is 0 Å². The fraction of sp³-hybridized carbons (Fsp3) is 0.625. The standard InChI is InChI=1S/C16H20Br2O2/c17-12-3-4-13(14(18)9-12)15(19)11-5-8-20-16(10-11)6-1-2-7-16/h3-4,9,11,15,19H,1-2,5-8,10H2. The minimum Gasteiger partial charge on any atom is -0.388 e. The molecule has 2 fully saturated rings. The summed E-state index contributed by atoms with van der Waals surface area (Å²) in [6.07, 6.45) is 6.41. The number of aliphatic hydroxyl groups is 1. The Morgan fingerprint density at radius 3 is 2.70 bits per heavy atom. The molecule has 0 aromatic heterocycles. The van der Waals surface area contributed by atoms with Crippen LogP contribution in [-0.4, -0.2) is 17.3 Å². The SMILES string of the molecule is OC(c1ccc(Br)cc1Br)C1CCOC2(CCCC2)C1. The van der Waals surface area contributed by atoms with Crippen molar-refractivity contribution < 1.29 is 9.84 Å². The van der Waals surface area contributed by atoms with Crippen LogP contribution in [0.25, 0.3) is 0 Å². The Balaban J connectivity index is 1.77. The fourth-order valence-electron chi connectivity index (χ4n) is 3.70. The summed E-state index contributed by atoms with van der Waals surface area (Å²) >= 11 is 7.03. The van der Waals surface area contributed by atoms with Crippen LogP contribution in [0.15, 0.2) is 27.1 Å². The molecule has 4 heteroatoms. The van der Waals surface area contributed by atoms with Gasteiger partial charge < -0.3 is 9.84 Å². The number of rotatable bonds is 2. The van der Waals surface area contributed by atoms with Crippen molar-refractivity contribution in [3.05, 3.63) is 32.7 Å². The summed E-state index contributed by atoms with van der Waals surface area (Å²) in [5.41, 5.74) is 1.05. The molecule has 1 saturated heterocycles. The molecule has 1 spiro atoms. The highest BCUT2D eigenvalue weighted by Gasteiger charge is 2.42. The third-order valence-corrected chi connectivity index (χ3v) is 5.95. The highest BCUT2D eigenvalue weighted by Crippen LogP contribution is 2.46. The molecule has 1 aromatic rings. The van der Waals surface area contributed by atoms with E-state index in [1.54, 1.807) is 0 Å². The van der Waals surface area contributed by atoms with Gasteiger partial charge in [-0.05, 0) is 49.3 Å². The topological polar surface area (TPSA) is 29.5 Å². The molecule has 0 bridgehead atoms. The monoisotopic (exact) mass is 402 g/mol. The third kappa shape index (κ3) is 2.99. The van der Waals surface area contributed by atoms with Crippen molar-refractivity contribution in [1.82, 2.24) is 0 Å². The zero-order valence-electron chi connectivity index (χ0n) is 11.4. The number of aliphatic hydroxyl groups excluding tert-OH is 1. The van der Waals surface area contributed by atoms with E-state index in [1.807, 2.05) is 18.2 Å². The minimum absolute atomic E-state index is 0.0612. The number of hydrogen-bond donors (Lipinski definition) is 1. The summed E-state index contributed by atoms with van der Waals surface area (Å²) in [5.74, 6) is 0.305. The van der Waals surface area contributed by atoms with Gasteiger partial charge in [-0.25, -0.2) is 0 Å². The molecule has 20 heavy (non-hydrogen) atoms. The lowest BCUT2D eigenvalue weighted by Crippen LogP contribution is -2.39. The van der Waals surface area contributed by atoms with E-state index in [0.29, 0.717) is 5.92 Å². The molecule has 1 aliphatic heterocycles. The molecule has 1 saturated carbocycles. The molecule has 2 unspecified atom stereocenters. The van der Waals surface area contributed by atoms with Crippen LogP contribution in [0.5, 0.6) is 0 Å². The van der Waals surface area contributed by atoms with Gasteiger partial charge in [-0.3, -0.25) is 0 Å². The van der Waals surface area contributed by atoms with Crippen LogP contribution in [0.3, 0.4) is 0 Å². The predicted octanol–water partition coefficient (Wildman–Crippen LogP) is 4.98. The van der Waals surface area contributed by atoms with Crippen LogP contribution in [-0.2, 0) is 4.74 Å². The van der Waals surface area contributed by atoms with E-state index < -0.39 is 6.10 Å². The van der Waals surface area contributed by atoms with E-state index in [9.17, 15) is 5.11 Å². The zero-order chi connectivity index (χ0) is 14.2. The van der Waals surface area contributed by atoms with Crippen molar-refractivity contribution in [2.75, 3.05) is 6.61 Å². The Morgan fingerprint density at radius 1 is 1.25 bits per heavy atom. The molecular weight excluding hydrogens is 384 g/mol. The van der Waals surface area contributed by atoms with Crippen molar-refractivity contribution in [1.29, 1.82) is 0 Å². The quantitative estimate of drug-likeness (QED) is 0.753. The van der Waals surface area contributed by atoms with Gasteiger partial charge in [0.1, 0.15) is 0 Å². The summed E-state index contributed by atoms with van der Waals surface area (Å²) in [6, 6.07) is 6.01. The van der Waals surface area contributed by atoms with E-state index in [4.69, 9.17) is 4.74 Å². The predicted molar refractivity (Wildman–Crippen MR) is 86.7 cm³/mol. The number of halogens is 2. The van der Waals surface area contributed by atoms with E-state index in [1.165, 1.54) is 12.8 Å². The third-order valence-electron chi connectivity index (χ3n) is 4.77. The molecule has 1 aliphatic carbocycles. The van der Waals surface area contributed by atoms with Crippen LogP contribution in [0.2, 0.25) is 0 Å². The number of hydrogen-bond acceptors (Lipinski definition) is 2. The molecule has 2 atom stereocenters. The molecule has 0 amide bonds. The van der Waals surface area contributed by atoms with Crippen molar-refractivity contribution in [2.45, 2.75) is 50.2 Å². The van der Waals surface area contributed by atoms with Gasteiger partial charge in [0.05, 0.1) is 11.7 Å². The van der Waals surface area contributed by atoms with Gasteiger partial charge >= 0.3 is 0 Å². The van der Waals surface area contributed by atoms with Gasteiger partial charge in [0.25, 0.3) is 0 Å². The van der Waals surface area contributed by atoms with Crippen molar-refractivity contribution in [3.63, 3.8) is 0 Å². The van der Waals surface area contributed by atoms with Gasteiger partial charge in [-0.15, -0.1) is 0 Å². The molecule has 1 heterocycles. The molecule has 2 nitrogen and oxygen atoms in total. The maximum absolute atomic E-state index is 10.8. The molecule has 0 radical (unpaired) electrons. The lowest BCUT2D eigenvalue weighted by molar-refractivity contribution is -0.113. The second-order valence-corrected chi connectivity index (χ2v) is 7.87. The summed E-state index contributed by atoms with van der Waals surface area (Å²) in [4.78, 5) is 0. The summed E-state index contributed by atoms with van der Waals surface area (Å²) < 4.78 is 8.07. The Labute approximate surface area is 137 Å². The van der Waals surface area contributed by atoms with Crippen molar-refractivity contribution in [3.8, 4) is 0 Å². The van der Waals surface area contributed by atoms with Gasteiger partial charge in [0.15, 0.2) is 0 Å². The van der Waals surface area contributed by atoms with Crippen molar-refractivity contribution >= 4 is 31.9 Å². The van der Waals surface area contributed by atoms with Gasteiger partial charge in [0, 0.05) is 15.6 Å². The fourth-order valence-corrected chi connectivity index (χ4v) is 4.98. The van der Waals surface area contributed by atoms with Crippen molar-refractivity contribution in [2.24, 2.45) is 5.92 Å². The first-order valence-corrected chi connectivity index (χ1v) is 8.95. The largest absolute Gasteiger partial charge is 0.388 e. The Morgan fingerprint density at radius 2 is 2.00 bits per heavy atom. The van der Waals surface area contributed by atoms with Gasteiger partial charge in [-0.2, -0.15) is 0 Å². The lowest BCUT2D eigenvalue weighted by atomic mass is 9.80. The molecule has 110 valence electrons. The average Bonchev–Trinajstić information content (AvgIpc) is 2.86. The Kier molecular flexibility index (Phi) is 4.56. The molecule has 2 aliphatic rings. The van der Waals surface area contributed by atoms with E-state index in [0.717, 1.165) is 46.8 Å². The van der Waals surface area contributed by atoms with Crippen LogP contribution >= 0.6 is 31.9 Å². The van der Waals surface area contributed by atoms with Crippen LogP contribution in [0, 0.1) is 5.92 Å². The zero-order valence-corrected chi connectivity index (χ0v) is 14.6. The maximum Gasteiger partial charge on any atom is 0.0831 e. The smallest absolute Gasteiger partial charge is 0.0831 e. The Hall–Kier alpha value is 0.1000. The van der Waals surface area contributed by atoms with E-state index in [-0.39, 0.29) is 5.60 Å². The normalized spacial score (nSPS) is 26.9. The average molecular weight is 404 g/mol. The first-order valence-electron chi connectivity index (χ1n) is 7.37. The number of ether oxygens (including phenoxy) is 1. The highest BCUT2D eigenvalue weighted by molar-refractivity contribution is 9.11. The maximum atomic E-state index is 10.8. The molecule has 1 aromatic carbocycles.